The molecule has 0 aliphatic carbocycles. The number of halogens is 1. The van der Waals surface area contributed by atoms with Crippen molar-refractivity contribution in [2.24, 2.45) is 0 Å². The zero-order valence-corrected chi connectivity index (χ0v) is 14.6. The molecule has 0 unspecified atom stereocenters. The largest absolute Gasteiger partial charge is 0.451 e. The molecule has 1 atom stereocenters. The first-order chi connectivity index (χ1) is 11.4. The van der Waals surface area contributed by atoms with Crippen molar-refractivity contribution >= 4 is 29.4 Å². The molecule has 2 rings (SSSR count). The Kier molecular flexibility index (Phi) is 5.93. The van der Waals surface area contributed by atoms with Gasteiger partial charge in [0, 0.05) is 16.7 Å². The summed E-state index contributed by atoms with van der Waals surface area (Å²) in [4.78, 5) is 24.2. The second kappa shape index (κ2) is 7.93. The molecular formula is C20H19ClO3. The van der Waals surface area contributed by atoms with Crippen molar-refractivity contribution in [2.45, 2.75) is 26.9 Å². The van der Waals surface area contributed by atoms with Crippen LogP contribution >= 0.6 is 11.6 Å². The molecule has 0 saturated heterocycles. The number of carbonyl (C=O) groups excluding carboxylic acids is 2. The van der Waals surface area contributed by atoms with Gasteiger partial charge in [-0.3, -0.25) is 4.79 Å². The SMILES string of the molecule is Cc1ccc(C(=O)[C@H](C)OC(=O)/C=C/c2ccccc2Cl)cc1C. The highest BCUT2D eigenvalue weighted by Crippen LogP contribution is 2.17. The van der Waals surface area contributed by atoms with Crippen LogP contribution < -0.4 is 0 Å². The molecule has 0 saturated carbocycles. The van der Waals surface area contributed by atoms with Gasteiger partial charge in [-0.15, -0.1) is 0 Å². The van der Waals surface area contributed by atoms with E-state index in [0.717, 1.165) is 11.1 Å². The van der Waals surface area contributed by atoms with Crippen LogP contribution in [0.1, 0.15) is 34.0 Å². The van der Waals surface area contributed by atoms with Gasteiger partial charge >= 0.3 is 5.97 Å². The zero-order chi connectivity index (χ0) is 17.7. The number of ketones is 1. The fourth-order valence-electron chi connectivity index (χ4n) is 2.16. The Labute approximate surface area is 146 Å². The third kappa shape index (κ3) is 4.56. The first kappa shape index (κ1) is 18.0. The van der Waals surface area contributed by atoms with E-state index in [1.54, 1.807) is 31.2 Å². The van der Waals surface area contributed by atoms with Crippen molar-refractivity contribution in [3.8, 4) is 0 Å². The molecule has 0 amide bonds. The Morgan fingerprint density at radius 1 is 1.08 bits per heavy atom. The molecule has 0 heterocycles. The summed E-state index contributed by atoms with van der Waals surface area (Å²) in [7, 11) is 0. The van der Waals surface area contributed by atoms with Crippen molar-refractivity contribution in [3.63, 3.8) is 0 Å². The fourth-order valence-corrected chi connectivity index (χ4v) is 2.36. The van der Waals surface area contributed by atoms with Crippen molar-refractivity contribution in [3.05, 3.63) is 75.8 Å². The molecule has 4 heteroatoms. The van der Waals surface area contributed by atoms with Crippen molar-refractivity contribution in [1.82, 2.24) is 0 Å². The van der Waals surface area contributed by atoms with Gasteiger partial charge in [0.2, 0.25) is 5.78 Å². The maximum absolute atomic E-state index is 12.3. The number of aryl methyl sites for hydroxylation is 2. The highest BCUT2D eigenvalue weighted by molar-refractivity contribution is 6.32. The van der Waals surface area contributed by atoms with Crippen LogP contribution in [-0.4, -0.2) is 17.9 Å². The van der Waals surface area contributed by atoms with E-state index in [0.29, 0.717) is 16.1 Å². The summed E-state index contributed by atoms with van der Waals surface area (Å²) in [5.74, 6) is -0.808. The average molecular weight is 343 g/mol. The molecule has 0 aliphatic rings. The van der Waals surface area contributed by atoms with Crippen LogP contribution in [0.4, 0.5) is 0 Å². The second-order valence-electron chi connectivity index (χ2n) is 5.60. The summed E-state index contributed by atoms with van der Waals surface area (Å²) in [6, 6.07) is 12.6. The Hall–Kier alpha value is -2.39. The maximum atomic E-state index is 12.3. The monoisotopic (exact) mass is 342 g/mol. The molecule has 2 aromatic carbocycles. The van der Waals surface area contributed by atoms with E-state index in [1.807, 2.05) is 38.1 Å². The molecule has 0 spiro atoms. The van der Waals surface area contributed by atoms with Gasteiger partial charge in [0.1, 0.15) is 0 Å². The number of esters is 1. The fraction of sp³-hybridized carbons (Fsp3) is 0.200. The first-order valence-electron chi connectivity index (χ1n) is 7.63. The van der Waals surface area contributed by atoms with Gasteiger partial charge in [0.25, 0.3) is 0 Å². The van der Waals surface area contributed by atoms with E-state index in [1.165, 1.54) is 6.08 Å². The molecule has 0 N–H and O–H groups in total. The van der Waals surface area contributed by atoms with Gasteiger partial charge in [0.15, 0.2) is 6.10 Å². The lowest BCUT2D eigenvalue weighted by Gasteiger charge is -2.12. The van der Waals surface area contributed by atoms with Crippen LogP contribution in [0.15, 0.2) is 48.5 Å². The summed E-state index contributed by atoms with van der Waals surface area (Å²) < 4.78 is 5.18. The number of hydrogen-bond acceptors (Lipinski definition) is 3. The van der Waals surface area contributed by atoms with E-state index < -0.39 is 12.1 Å². The summed E-state index contributed by atoms with van der Waals surface area (Å²) in [5.41, 5.74) is 3.38. The molecule has 0 radical (unpaired) electrons. The van der Waals surface area contributed by atoms with Crippen LogP contribution in [0, 0.1) is 13.8 Å². The standard InChI is InChI=1S/C20H19ClO3/c1-13-8-9-17(12-14(13)2)20(23)15(3)24-19(22)11-10-16-6-4-5-7-18(16)21/h4-12,15H,1-3H3/b11-10+/t15-/m0/s1. The van der Waals surface area contributed by atoms with Crippen LogP contribution in [0.5, 0.6) is 0 Å². The molecule has 3 nitrogen and oxygen atoms in total. The number of Topliss-reactive ketones (excluding diaryl/α,β-unsaturated/α-hetero) is 1. The number of carbonyl (C=O) groups is 2. The lowest BCUT2D eigenvalue weighted by molar-refractivity contribution is -0.140. The smallest absolute Gasteiger partial charge is 0.331 e. The third-order valence-electron chi connectivity index (χ3n) is 3.76. The summed E-state index contributed by atoms with van der Waals surface area (Å²) in [6.07, 6.45) is 1.99. The molecular weight excluding hydrogens is 324 g/mol. The molecule has 0 fully saturated rings. The predicted molar refractivity (Wildman–Crippen MR) is 96.3 cm³/mol. The highest BCUT2D eigenvalue weighted by Gasteiger charge is 2.18. The molecule has 24 heavy (non-hydrogen) atoms. The second-order valence-corrected chi connectivity index (χ2v) is 6.00. The Morgan fingerprint density at radius 2 is 1.79 bits per heavy atom. The number of hydrogen-bond donors (Lipinski definition) is 0. The number of benzene rings is 2. The van der Waals surface area contributed by atoms with Gasteiger partial charge in [-0.1, -0.05) is 41.9 Å². The van der Waals surface area contributed by atoms with Gasteiger partial charge in [-0.05, 0) is 55.7 Å². The Morgan fingerprint density at radius 3 is 2.46 bits per heavy atom. The third-order valence-corrected chi connectivity index (χ3v) is 4.10. The normalized spacial score (nSPS) is 12.2. The number of rotatable bonds is 5. The van der Waals surface area contributed by atoms with E-state index in [2.05, 4.69) is 0 Å². The first-order valence-corrected chi connectivity index (χ1v) is 8.01. The lowest BCUT2D eigenvalue weighted by Crippen LogP contribution is -2.23. The zero-order valence-electron chi connectivity index (χ0n) is 13.9. The quantitative estimate of drug-likeness (QED) is 0.446. The van der Waals surface area contributed by atoms with Gasteiger partial charge in [0.05, 0.1) is 0 Å². The van der Waals surface area contributed by atoms with E-state index in [4.69, 9.17) is 16.3 Å². The average Bonchev–Trinajstić information content (AvgIpc) is 2.56. The lowest BCUT2D eigenvalue weighted by atomic mass is 10.0. The minimum absolute atomic E-state index is 0.224. The van der Waals surface area contributed by atoms with Crippen LogP contribution in [0.25, 0.3) is 6.08 Å². The molecule has 0 bridgehead atoms. The topological polar surface area (TPSA) is 43.4 Å². The van der Waals surface area contributed by atoms with E-state index in [-0.39, 0.29) is 5.78 Å². The van der Waals surface area contributed by atoms with Crippen molar-refractivity contribution in [1.29, 1.82) is 0 Å². The van der Waals surface area contributed by atoms with Crippen molar-refractivity contribution in [2.75, 3.05) is 0 Å². The van der Waals surface area contributed by atoms with Crippen LogP contribution in [0.2, 0.25) is 5.02 Å². The Balaban J connectivity index is 2.01. The van der Waals surface area contributed by atoms with E-state index in [9.17, 15) is 9.59 Å². The van der Waals surface area contributed by atoms with Crippen LogP contribution in [-0.2, 0) is 9.53 Å². The predicted octanol–water partition coefficient (Wildman–Crippen LogP) is 4.78. The van der Waals surface area contributed by atoms with Gasteiger partial charge < -0.3 is 4.74 Å². The summed E-state index contributed by atoms with van der Waals surface area (Å²) in [5, 5.41) is 0.542. The van der Waals surface area contributed by atoms with Crippen LogP contribution in [0.3, 0.4) is 0 Å². The van der Waals surface area contributed by atoms with E-state index >= 15 is 0 Å². The highest BCUT2D eigenvalue weighted by atomic mass is 35.5. The molecule has 124 valence electrons. The minimum atomic E-state index is -0.851. The molecule has 2 aromatic rings. The minimum Gasteiger partial charge on any atom is -0.451 e. The Bertz CT molecular complexity index is 793. The van der Waals surface area contributed by atoms with Crippen molar-refractivity contribution < 1.29 is 14.3 Å². The maximum Gasteiger partial charge on any atom is 0.331 e. The number of ether oxygens (including phenoxy) is 1. The van der Waals surface area contributed by atoms with Gasteiger partial charge in [-0.25, -0.2) is 4.79 Å². The molecule has 0 aliphatic heterocycles. The molecule has 0 aromatic heterocycles. The summed E-state index contributed by atoms with van der Waals surface area (Å²) in [6.45, 7) is 5.49. The van der Waals surface area contributed by atoms with Gasteiger partial charge in [-0.2, -0.15) is 0 Å². The summed E-state index contributed by atoms with van der Waals surface area (Å²) >= 11 is 6.01.